The molecule has 6 heteroatoms. The van der Waals surface area contributed by atoms with E-state index in [0.717, 1.165) is 25.2 Å². The monoisotopic (exact) mass is 264 g/mol. The predicted octanol–water partition coefficient (Wildman–Crippen LogP) is 2.12. The Hall–Kier alpha value is -1.85. The zero-order valence-corrected chi connectivity index (χ0v) is 11.5. The fourth-order valence-electron chi connectivity index (χ4n) is 2.12. The molecular weight excluding hydrogens is 244 g/mol. The number of aromatic amines is 1. The number of carbonyl (C=O) groups is 1. The van der Waals surface area contributed by atoms with Crippen molar-refractivity contribution < 1.29 is 9.53 Å². The van der Waals surface area contributed by atoms with Crippen LogP contribution in [0.5, 0.6) is 0 Å². The third-order valence-electron chi connectivity index (χ3n) is 3.19. The summed E-state index contributed by atoms with van der Waals surface area (Å²) < 4.78 is 4.99. The highest BCUT2D eigenvalue weighted by Crippen LogP contribution is 2.19. The van der Waals surface area contributed by atoms with Crippen molar-refractivity contribution in [2.45, 2.75) is 32.6 Å². The Morgan fingerprint density at radius 3 is 3.16 bits per heavy atom. The lowest BCUT2D eigenvalue weighted by molar-refractivity contribution is 0.0527. The van der Waals surface area contributed by atoms with Crippen LogP contribution in [0.25, 0.3) is 0 Å². The highest BCUT2D eigenvalue weighted by Gasteiger charge is 2.17. The Labute approximate surface area is 112 Å². The number of H-pyrrole nitrogens is 1. The van der Waals surface area contributed by atoms with Gasteiger partial charge in [0.1, 0.15) is 11.4 Å². The van der Waals surface area contributed by atoms with Gasteiger partial charge in [0.15, 0.2) is 5.82 Å². The average molecular weight is 264 g/mol. The zero-order chi connectivity index (χ0) is 13.7. The molecule has 1 fully saturated rings. The first-order valence-electron chi connectivity index (χ1n) is 6.71. The van der Waals surface area contributed by atoms with Gasteiger partial charge in [0.05, 0.1) is 12.8 Å². The van der Waals surface area contributed by atoms with E-state index >= 15 is 0 Å². The minimum Gasteiger partial charge on any atom is -0.462 e. The number of hydrogen-bond donors (Lipinski definition) is 1. The number of amidine groups is 1. The van der Waals surface area contributed by atoms with Crippen LogP contribution in [0.15, 0.2) is 11.2 Å². The topological polar surface area (TPSA) is 70.6 Å². The molecule has 0 saturated carbocycles. The van der Waals surface area contributed by atoms with Gasteiger partial charge in [0.25, 0.3) is 0 Å². The average Bonchev–Trinajstić information content (AvgIpc) is 2.76. The van der Waals surface area contributed by atoms with Crippen LogP contribution in [-0.2, 0) is 4.74 Å². The number of carbonyl (C=O) groups excluding carboxylic acids is 1. The molecule has 1 saturated heterocycles. The van der Waals surface area contributed by atoms with E-state index in [4.69, 9.17) is 4.74 Å². The first kappa shape index (κ1) is 13.6. The van der Waals surface area contributed by atoms with Crippen LogP contribution in [0.3, 0.4) is 0 Å². The summed E-state index contributed by atoms with van der Waals surface area (Å²) in [5.41, 5.74) is 0.395. The first-order chi connectivity index (χ1) is 9.22. The molecule has 0 unspecified atom stereocenters. The third-order valence-corrected chi connectivity index (χ3v) is 3.19. The molecule has 0 aliphatic carbocycles. The fourth-order valence-corrected chi connectivity index (χ4v) is 2.12. The molecule has 6 nitrogen and oxygen atoms in total. The van der Waals surface area contributed by atoms with Gasteiger partial charge in [0, 0.05) is 20.0 Å². The van der Waals surface area contributed by atoms with Gasteiger partial charge in [0.2, 0.25) is 0 Å². The largest absolute Gasteiger partial charge is 0.462 e. The minimum absolute atomic E-state index is 0.347. The second-order valence-electron chi connectivity index (χ2n) is 4.61. The number of nitrogens with zero attached hydrogens (tertiary/aromatic N) is 3. The number of esters is 1. The summed E-state index contributed by atoms with van der Waals surface area (Å²) in [5, 5.41) is 6.66. The summed E-state index contributed by atoms with van der Waals surface area (Å²) in [5.74, 6) is 1.10. The van der Waals surface area contributed by atoms with Crippen LogP contribution >= 0.6 is 0 Å². The van der Waals surface area contributed by atoms with Gasteiger partial charge in [-0.1, -0.05) is 6.42 Å². The SMILES string of the molecule is CCOC(=O)c1cn[nH]c1N=C1CCCCCN1C. The van der Waals surface area contributed by atoms with Crippen LogP contribution < -0.4 is 0 Å². The number of likely N-dealkylation sites (tertiary alicyclic amines) is 1. The molecule has 0 bridgehead atoms. The Balaban J connectivity index is 2.22. The van der Waals surface area contributed by atoms with E-state index in [0.29, 0.717) is 18.0 Å². The molecule has 1 aromatic rings. The molecule has 2 heterocycles. The van der Waals surface area contributed by atoms with E-state index in [2.05, 4.69) is 20.1 Å². The van der Waals surface area contributed by atoms with Gasteiger partial charge in [-0.3, -0.25) is 5.10 Å². The Morgan fingerprint density at radius 2 is 2.37 bits per heavy atom. The number of hydrogen-bond acceptors (Lipinski definition) is 4. The van der Waals surface area contributed by atoms with Crippen LogP contribution in [0.2, 0.25) is 0 Å². The standard InChI is InChI=1S/C13H20N4O2/c1-3-19-13(18)10-9-14-16-12(10)15-11-7-5-4-6-8-17(11)2/h9H,3-8H2,1-2H3,(H,14,16). The lowest BCUT2D eigenvalue weighted by Gasteiger charge is -2.17. The normalized spacial score (nSPS) is 18.4. The van der Waals surface area contributed by atoms with E-state index in [1.165, 1.54) is 19.0 Å². The van der Waals surface area contributed by atoms with Gasteiger partial charge in [-0.25, -0.2) is 9.79 Å². The van der Waals surface area contributed by atoms with Crippen LogP contribution in [0.4, 0.5) is 5.82 Å². The highest BCUT2D eigenvalue weighted by atomic mass is 16.5. The van der Waals surface area contributed by atoms with Crippen LogP contribution in [-0.4, -0.2) is 47.1 Å². The molecule has 1 aromatic heterocycles. The summed E-state index contributed by atoms with van der Waals surface area (Å²) in [4.78, 5) is 18.4. The maximum absolute atomic E-state index is 11.8. The second-order valence-corrected chi connectivity index (χ2v) is 4.61. The van der Waals surface area contributed by atoms with E-state index in [9.17, 15) is 4.79 Å². The van der Waals surface area contributed by atoms with Crippen molar-refractivity contribution in [3.8, 4) is 0 Å². The lowest BCUT2D eigenvalue weighted by Crippen LogP contribution is -2.25. The summed E-state index contributed by atoms with van der Waals surface area (Å²) >= 11 is 0. The molecule has 0 radical (unpaired) electrons. The number of ether oxygens (including phenoxy) is 1. The van der Waals surface area contributed by atoms with E-state index in [1.54, 1.807) is 6.92 Å². The number of aromatic nitrogens is 2. The summed E-state index contributed by atoms with van der Waals surface area (Å²) in [6, 6.07) is 0. The number of aliphatic imine (C=N–C) groups is 1. The molecule has 0 aromatic carbocycles. The van der Waals surface area contributed by atoms with E-state index in [-0.39, 0.29) is 5.97 Å². The summed E-state index contributed by atoms with van der Waals surface area (Å²) in [6.07, 6.45) is 5.93. The zero-order valence-electron chi connectivity index (χ0n) is 11.5. The number of rotatable bonds is 3. The molecule has 0 amide bonds. The summed E-state index contributed by atoms with van der Waals surface area (Å²) in [7, 11) is 2.03. The van der Waals surface area contributed by atoms with Crippen molar-refractivity contribution in [2.75, 3.05) is 20.2 Å². The Morgan fingerprint density at radius 1 is 1.53 bits per heavy atom. The third kappa shape index (κ3) is 3.33. The lowest BCUT2D eigenvalue weighted by atomic mass is 10.2. The highest BCUT2D eigenvalue weighted by molar-refractivity contribution is 5.95. The van der Waals surface area contributed by atoms with Crippen molar-refractivity contribution >= 4 is 17.6 Å². The minimum atomic E-state index is -0.383. The van der Waals surface area contributed by atoms with Gasteiger partial charge in [-0.2, -0.15) is 5.10 Å². The molecule has 1 aliphatic heterocycles. The smallest absolute Gasteiger partial charge is 0.343 e. The molecule has 19 heavy (non-hydrogen) atoms. The molecule has 0 spiro atoms. The molecule has 1 N–H and O–H groups in total. The van der Waals surface area contributed by atoms with Crippen LogP contribution in [0, 0.1) is 0 Å². The Kier molecular flexibility index (Phi) is 4.54. The van der Waals surface area contributed by atoms with Gasteiger partial charge < -0.3 is 9.64 Å². The maximum Gasteiger partial charge on any atom is 0.343 e. The van der Waals surface area contributed by atoms with E-state index < -0.39 is 0 Å². The fraction of sp³-hybridized carbons (Fsp3) is 0.615. The molecule has 104 valence electrons. The van der Waals surface area contributed by atoms with Crippen molar-refractivity contribution in [1.29, 1.82) is 0 Å². The second kappa shape index (κ2) is 6.36. The number of nitrogens with one attached hydrogen (secondary N) is 1. The molecule has 0 atom stereocenters. The van der Waals surface area contributed by atoms with Gasteiger partial charge >= 0.3 is 5.97 Å². The van der Waals surface area contributed by atoms with Crippen molar-refractivity contribution in [3.05, 3.63) is 11.8 Å². The van der Waals surface area contributed by atoms with Crippen molar-refractivity contribution in [1.82, 2.24) is 15.1 Å². The van der Waals surface area contributed by atoms with Gasteiger partial charge in [-0.05, 0) is 19.8 Å². The molecule has 1 aliphatic rings. The van der Waals surface area contributed by atoms with Crippen molar-refractivity contribution in [2.24, 2.45) is 4.99 Å². The predicted molar refractivity (Wildman–Crippen MR) is 72.7 cm³/mol. The molecular formula is C13H20N4O2. The summed E-state index contributed by atoms with van der Waals surface area (Å²) in [6.45, 7) is 3.13. The maximum atomic E-state index is 11.8. The van der Waals surface area contributed by atoms with E-state index in [1.807, 2.05) is 7.05 Å². The first-order valence-corrected chi connectivity index (χ1v) is 6.71. The van der Waals surface area contributed by atoms with Crippen molar-refractivity contribution in [3.63, 3.8) is 0 Å². The van der Waals surface area contributed by atoms with Gasteiger partial charge in [-0.15, -0.1) is 0 Å². The van der Waals surface area contributed by atoms with Crippen LogP contribution in [0.1, 0.15) is 43.0 Å². The quantitative estimate of drug-likeness (QED) is 0.849. The Bertz CT molecular complexity index is 467. The molecule has 2 rings (SSSR count).